The van der Waals surface area contributed by atoms with E-state index in [1.54, 1.807) is 6.20 Å². The van der Waals surface area contributed by atoms with Gasteiger partial charge in [0.15, 0.2) is 5.82 Å². The van der Waals surface area contributed by atoms with Crippen molar-refractivity contribution in [1.29, 1.82) is 0 Å². The van der Waals surface area contributed by atoms with Crippen molar-refractivity contribution in [2.75, 3.05) is 18.4 Å². The van der Waals surface area contributed by atoms with Crippen LogP contribution in [0.2, 0.25) is 0 Å². The number of rotatable bonds is 2. The summed E-state index contributed by atoms with van der Waals surface area (Å²) in [6, 6.07) is 0.440. The fourth-order valence-electron chi connectivity index (χ4n) is 2.01. The van der Waals surface area contributed by atoms with Crippen LogP contribution < -0.4 is 10.6 Å². The van der Waals surface area contributed by atoms with E-state index in [2.05, 4.69) is 25.8 Å². The standard InChI is InChI=1S/C10H14N6/c1-7-14-15-10-9(12-4-5-16(7)10)13-8-2-3-11-6-8/h4-5,8,11H,2-3,6H2,1H3,(H,12,13). The van der Waals surface area contributed by atoms with Gasteiger partial charge >= 0.3 is 0 Å². The van der Waals surface area contributed by atoms with Crippen LogP contribution in [0.1, 0.15) is 12.2 Å². The van der Waals surface area contributed by atoms with Crippen LogP contribution in [0.3, 0.4) is 0 Å². The number of aromatic nitrogens is 4. The minimum atomic E-state index is 0.440. The van der Waals surface area contributed by atoms with Gasteiger partial charge in [-0.15, -0.1) is 10.2 Å². The van der Waals surface area contributed by atoms with Crippen molar-refractivity contribution in [2.24, 2.45) is 0 Å². The lowest BCUT2D eigenvalue weighted by molar-refractivity contribution is 0.787. The summed E-state index contributed by atoms with van der Waals surface area (Å²) >= 11 is 0. The summed E-state index contributed by atoms with van der Waals surface area (Å²) in [5.41, 5.74) is 0.798. The van der Waals surface area contributed by atoms with Crippen LogP contribution in [0.5, 0.6) is 0 Å². The van der Waals surface area contributed by atoms with Gasteiger partial charge in [0.25, 0.3) is 0 Å². The van der Waals surface area contributed by atoms with Crippen LogP contribution in [-0.4, -0.2) is 38.7 Å². The van der Waals surface area contributed by atoms with Gasteiger partial charge in [0.2, 0.25) is 5.65 Å². The van der Waals surface area contributed by atoms with Crippen LogP contribution in [-0.2, 0) is 0 Å². The molecule has 1 unspecified atom stereocenters. The molecule has 16 heavy (non-hydrogen) atoms. The third kappa shape index (κ3) is 1.51. The highest BCUT2D eigenvalue weighted by atomic mass is 15.3. The van der Waals surface area contributed by atoms with Gasteiger partial charge in [0.1, 0.15) is 5.82 Å². The maximum Gasteiger partial charge on any atom is 0.203 e. The summed E-state index contributed by atoms with van der Waals surface area (Å²) in [7, 11) is 0. The largest absolute Gasteiger partial charge is 0.363 e. The number of nitrogens with one attached hydrogen (secondary N) is 2. The first kappa shape index (κ1) is 9.53. The van der Waals surface area contributed by atoms with Crippen molar-refractivity contribution >= 4 is 11.5 Å². The zero-order chi connectivity index (χ0) is 11.0. The number of aryl methyl sites for hydroxylation is 1. The molecule has 2 aromatic heterocycles. The van der Waals surface area contributed by atoms with Gasteiger partial charge in [-0.3, -0.25) is 4.40 Å². The highest BCUT2D eigenvalue weighted by molar-refractivity contribution is 5.62. The SMILES string of the molecule is Cc1nnc2c(NC3CCNC3)nccn12. The molecule has 84 valence electrons. The molecular formula is C10H14N6. The Hall–Kier alpha value is -1.69. The monoisotopic (exact) mass is 218 g/mol. The Morgan fingerprint density at radius 2 is 2.44 bits per heavy atom. The molecule has 2 aromatic rings. The molecule has 0 spiro atoms. The number of anilines is 1. The van der Waals surface area contributed by atoms with E-state index < -0.39 is 0 Å². The van der Waals surface area contributed by atoms with Crippen molar-refractivity contribution < 1.29 is 0 Å². The molecule has 0 bridgehead atoms. The lowest BCUT2D eigenvalue weighted by Gasteiger charge is -2.11. The molecule has 3 rings (SSSR count). The van der Waals surface area contributed by atoms with Gasteiger partial charge in [-0.1, -0.05) is 0 Å². The number of fused-ring (bicyclic) bond motifs is 1. The molecule has 0 saturated carbocycles. The second kappa shape index (κ2) is 3.71. The minimum absolute atomic E-state index is 0.440. The Morgan fingerprint density at radius 1 is 1.50 bits per heavy atom. The van der Waals surface area contributed by atoms with E-state index in [4.69, 9.17) is 0 Å². The normalized spacial score (nSPS) is 20.4. The van der Waals surface area contributed by atoms with Crippen LogP contribution >= 0.6 is 0 Å². The molecule has 1 aliphatic rings. The molecule has 0 radical (unpaired) electrons. The molecule has 1 saturated heterocycles. The fraction of sp³-hybridized carbons (Fsp3) is 0.500. The Bertz CT molecular complexity index is 499. The predicted octanol–water partition coefficient (Wildman–Crippen LogP) is 0.207. The van der Waals surface area contributed by atoms with Gasteiger partial charge in [0, 0.05) is 25.0 Å². The average molecular weight is 218 g/mol. The van der Waals surface area contributed by atoms with Crippen molar-refractivity contribution in [3.05, 3.63) is 18.2 Å². The van der Waals surface area contributed by atoms with E-state index in [0.29, 0.717) is 6.04 Å². The quantitative estimate of drug-likeness (QED) is 0.754. The smallest absolute Gasteiger partial charge is 0.203 e. The molecule has 0 aliphatic carbocycles. The van der Waals surface area contributed by atoms with E-state index in [0.717, 1.165) is 36.8 Å². The summed E-state index contributed by atoms with van der Waals surface area (Å²) in [5.74, 6) is 1.70. The van der Waals surface area contributed by atoms with Crippen LogP contribution in [0, 0.1) is 6.92 Å². The van der Waals surface area contributed by atoms with Crippen molar-refractivity contribution in [2.45, 2.75) is 19.4 Å². The number of hydrogen-bond acceptors (Lipinski definition) is 5. The maximum atomic E-state index is 4.32. The summed E-state index contributed by atoms with van der Waals surface area (Å²) in [6.07, 6.45) is 4.77. The molecule has 3 heterocycles. The highest BCUT2D eigenvalue weighted by Gasteiger charge is 2.16. The maximum absolute atomic E-state index is 4.32. The Labute approximate surface area is 93.1 Å². The molecule has 0 aromatic carbocycles. The molecule has 6 nitrogen and oxygen atoms in total. The first-order valence-electron chi connectivity index (χ1n) is 5.48. The van der Waals surface area contributed by atoms with Gasteiger partial charge < -0.3 is 10.6 Å². The Morgan fingerprint density at radius 3 is 3.25 bits per heavy atom. The second-order valence-electron chi connectivity index (χ2n) is 4.05. The van der Waals surface area contributed by atoms with Gasteiger partial charge in [-0.05, 0) is 19.9 Å². The van der Waals surface area contributed by atoms with E-state index in [1.807, 2.05) is 17.5 Å². The molecule has 1 fully saturated rings. The zero-order valence-electron chi connectivity index (χ0n) is 9.14. The van der Waals surface area contributed by atoms with Crippen LogP contribution in [0.15, 0.2) is 12.4 Å². The van der Waals surface area contributed by atoms with Crippen LogP contribution in [0.4, 0.5) is 5.82 Å². The summed E-state index contributed by atoms with van der Waals surface area (Å²) < 4.78 is 1.94. The first-order valence-corrected chi connectivity index (χ1v) is 5.48. The first-order chi connectivity index (χ1) is 7.84. The highest BCUT2D eigenvalue weighted by Crippen LogP contribution is 2.14. The third-order valence-corrected chi connectivity index (χ3v) is 2.90. The van der Waals surface area contributed by atoms with Gasteiger partial charge in [-0.2, -0.15) is 0 Å². The average Bonchev–Trinajstić information content (AvgIpc) is 2.90. The Kier molecular flexibility index (Phi) is 2.21. The summed E-state index contributed by atoms with van der Waals surface area (Å²) in [4.78, 5) is 4.32. The van der Waals surface area contributed by atoms with E-state index >= 15 is 0 Å². The van der Waals surface area contributed by atoms with Crippen molar-refractivity contribution in [1.82, 2.24) is 24.9 Å². The molecule has 0 amide bonds. The van der Waals surface area contributed by atoms with Gasteiger partial charge in [-0.25, -0.2) is 4.98 Å². The zero-order valence-corrected chi connectivity index (χ0v) is 9.14. The fourth-order valence-corrected chi connectivity index (χ4v) is 2.01. The second-order valence-corrected chi connectivity index (χ2v) is 4.05. The molecular weight excluding hydrogens is 204 g/mol. The summed E-state index contributed by atoms with van der Waals surface area (Å²) in [5, 5.41) is 14.9. The lowest BCUT2D eigenvalue weighted by Crippen LogP contribution is -2.23. The number of nitrogens with zero attached hydrogens (tertiary/aromatic N) is 4. The van der Waals surface area contributed by atoms with E-state index in [1.165, 1.54) is 0 Å². The van der Waals surface area contributed by atoms with Gasteiger partial charge in [0.05, 0.1) is 0 Å². The topological polar surface area (TPSA) is 67.1 Å². The molecule has 6 heteroatoms. The summed E-state index contributed by atoms with van der Waals surface area (Å²) in [6.45, 7) is 3.98. The molecule has 1 atom stereocenters. The molecule has 2 N–H and O–H groups in total. The number of hydrogen-bond donors (Lipinski definition) is 2. The van der Waals surface area contributed by atoms with Crippen molar-refractivity contribution in [3.8, 4) is 0 Å². The van der Waals surface area contributed by atoms with Crippen molar-refractivity contribution in [3.63, 3.8) is 0 Å². The van der Waals surface area contributed by atoms with Crippen LogP contribution in [0.25, 0.3) is 5.65 Å². The third-order valence-electron chi connectivity index (χ3n) is 2.90. The van der Waals surface area contributed by atoms with E-state index in [-0.39, 0.29) is 0 Å². The van der Waals surface area contributed by atoms with E-state index in [9.17, 15) is 0 Å². The Balaban J connectivity index is 1.96. The predicted molar refractivity (Wildman–Crippen MR) is 60.4 cm³/mol. The lowest BCUT2D eigenvalue weighted by atomic mass is 10.2. The molecule has 1 aliphatic heterocycles. The minimum Gasteiger partial charge on any atom is -0.363 e.